The largest absolute Gasteiger partial charge is 0.323 e. The zero-order chi connectivity index (χ0) is 12.7. The summed E-state index contributed by atoms with van der Waals surface area (Å²) in [4.78, 5) is 5.91. The maximum atomic E-state index is 13.1. The van der Waals surface area contributed by atoms with Crippen LogP contribution in [-0.2, 0) is 6.42 Å². The average Bonchev–Trinajstić information content (AvgIpc) is 2.74. The second-order valence-electron chi connectivity index (χ2n) is 4.45. The van der Waals surface area contributed by atoms with Crippen molar-refractivity contribution in [1.29, 1.82) is 0 Å². The molecule has 0 amide bonds. The van der Waals surface area contributed by atoms with E-state index < -0.39 is 0 Å². The molecule has 2 aromatic rings. The number of halogens is 2. The standard InChI is InChI=1S/C13H12BrFN2S/c14-9-6-7(15)4-5-8(9)13-17-12-10(16)2-1-3-11(12)18-13/h4-6,10H,1-3,16H2. The van der Waals surface area contributed by atoms with Gasteiger partial charge in [-0.05, 0) is 53.4 Å². The van der Waals surface area contributed by atoms with Crippen molar-refractivity contribution in [1.82, 2.24) is 4.98 Å². The van der Waals surface area contributed by atoms with Gasteiger partial charge >= 0.3 is 0 Å². The van der Waals surface area contributed by atoms with Gasteiger partial charge in [0.1, 0.15) is 10.8 Å². The third-order valence-electron chi connectivity index (χ3n) is 3.16. The third-order valence-corrected chi connectivity index (χ3v) is 4.98. The number of thiazole rings is 1. The maximum Gasteiger partial charge on any atom is 0.125 e. The first kappa shape index (κ1) is 12.3. The van der Waals surface area contributed by atoms with Crippen molar-refractivity contribution in [2.75, 3.05) is 0 Å². The first-order valence-electron chi connectivity index (χ1n) is 5.86. The molecule has 2 N–H and O–H groups in total. The Bertz CT molecular complexity index is 597. The highest BCUT2D eigenvalue weighted by atomic mass is 79.9. The summed E-state index contributed by atoms with van der Waals surface area (Å²) in [5.74, 6) is -0.247. The van der Waals surface area contributed by atoms with Gasteiger partial charge in [0.25, 0.3) is 0 Å². The molecule has 2 nitrogen and oxygen atoms in total. The molecule has 3 rings (SSSR count). The summed E-state index contributed by atoms with van der Waals surface area (Å²) in [7, 11) is 0. The van der Waals surface area contributed by atoms with E-state index in [4.69, 9.17) is 5.73 Å². The molecule has 0 bridgehead atoms. The minimum Gasteiger partial charge on any atom is -0.323 e. The van der Waals surface area contributed by atoms with E-state index in [1.54, 1.807) is 17.4 Å². The zero-order valence-corrected chi connectivity index (χ0v) is 12.0. The first-order valence-corrected chi connectivity index (χ1v) is 7.46. The average molecular weight is 327 g/mol. The highest BCUT2D eigenvalue weighted by Gasteiger charge is 2.22. The molecule has 0 saturated heterocycles. The number of nitrogens with two attached hydrogens (primary N) is 1. The molecule has 1 heterocycles. The van der Waals surface area contributed by atoms with Crippen molar-refractivity contribution in [3.8, 4) is 10.6 Å². The van der Waals surface area contributed by atoms with Crippen LogP contribution in [0.15, 0.2) is 22.7 Å². The van der Waals surface area contributed by atoms with E-state index in [1.165, 1.54) is 17.0 Å². The number of nitrogens with zero attached hydrogens (tertiary/aromatic N) is 1. The summed E-state index contributed by atoms with van der Waals surface area (Å²) in [6.45, 7) is 0. The monoisotopic (exact) mass is 326 g/mol. The van der Waals surface area contributed by atoms with Gasteiger partial charge < -0.3 is 5.73 Å². The number of hydrogen-bond acceptors (Lipinski definition) is 3. The van der Waals surface area contributed by atoms with Crippen LogP contribution in [0.2, 0.25) is 0 Å². The van der Waals surface area contributed by atoms with E-state index in [0.29, 0.717) is 0 Å². The smallest absolute Gasteiger partial charge is 0.125 e. The maximum absolute atomic E-state index is 13.1. The molecule has 0 saturated carbocycles. The fourth-order valence-electron chi connectivity index (χ4n) is 2.23. The lowest BCUT2D eigenvalue weighted by Crippen LogP contribution is -2.16. The van der Waals surface area contributed by atoms with Gasteiger partial charge in [-0.1, -0.05) is 0 Å². The number of aromatic nitrogens is 1. The van der Waals surface area contributed by atoms with Crippen molar-refractivity contribution in [2.45, 2.75) is 25.3 Å². The lowest BCUT2D eigenvalue weighted by atomic mass is 9.99. The van der Waals surface area contributed by atoms with Crippen LogP contribution in [0.1, 0.15) is 29.5 Å². The molecule has 1 aromatic heterocycles. The van der Waals surface area contributed by atoms with E-state index in [-0.39, 0.29) is 11.9 Å². The van der Waals surface area contributed by atoms with E-state index in [2.05, 4.69) is 20.9 Å². The van der Waals surface area contributed by atoms with Crippen LogP contribution in [-0.4, -0.2) is 4.98 Å². The Hall–Kier alpha value is -0.780. The molecule has 1 aromatic carbocycles. The van der Waals surface area contributed by atoms with Gasteiger partial charge in [-0.25, -0.2) is 9.37 Å². The summed E-state index contributed by atoms with van der Waals surface area (Å²) in [5, 5.41) is 0.921. The summed E-state index contributed by atoms with van der Waals surface area (Å²) < 4.78 is 13.8. The Morgan fingerprint density at radius 1 is 1.44 bits per heavy atom. The summed E-state index contributed by atoms with van der Waals surface area (Å²) in [6, 6.07) is 4.74. The lowest BCUT2D eigenvalue weighted by molar-refractivity contribution is 0.564. The summed E-state index contributed by atoms with van der Waals surface area (Å²) in [5.41, 5.74) is 8.03. The van der Waals surface area contributed by atoms with Gasteiger partial charge in [-0.15, -0.1) is 11.3 Å². The molecule has 1 atom stereocenters. The number of fused-ring (bicyclic) bond motifs is 1. The summed E-state index contributed by atoms with van der Waals surface area (Å²) in [6.07, 6.45) is 3.18. The van der Waals surface area contributed by atoms with Crippen LogP contribution in [0.5, 0.6) is 0 Å². The number of hydrogen-bond donors (Lipinski definition) is 1. The second kappa shape index (κ2) is 4.72. The zero-order valence-electron chi connectivity index (χ0n) is 9.62. The summed E-state index contributed by atoms with van der Waals surface area (Å²) >= 11 is 5.06. The fourth-order valence-corrected chi connectivity index (χ4v) is 4.11. The third kappa shape index (κ3) is 2.11. The minimum atomic E-state index is -0.247. The molecule has 5 heteroatoms. The van der Waals surface area contributed by atoms with Crippen molar-refractivity contribution >= 4 is 27.3 Å². The van der Waals surface area contributed by atoms with Crippen LogP contribution in [0.25, 0.3) is 10.6 Å². The molecule has 0 aliphatic heterocycles. The Morgan fingerprint density at radius 2 is 2.28 bits per heavy atom. The normalized spacial score (nSPS) is 18.7. The van der Waals surface area contributed by atoms with Gasteiger partial charge in [0.2, 0.25) is 0 Å². The van der Waals surface area contributed by atoms with Crippen LogP contribution in [0, 0.1) is 5.82 Å². The highest BCUT2D eigenvalue weighted by Crippen LogP contribution is 2.38. The Balaban J connectivity index is 2.07. The predicted molar refractivity (Wildman–Crippen MR) is 75.1 cm³/mol. The molecule has 0 spiro atoms. The van der Waals surface area contributed by atoms with Gasteiger partial charge in [-0.3, -0.25) is 0 Å². The SMILES string of the molecule is NC1CCCc2sc(-c3ccc(F)cc3Br)nc21. The van der Waals surface area contributed by atoms with E-state index in [1.807, 2.05) is 0 Å². The van der Waals surface area contributed by atoms with Crippen molar-refractivity contribution in [3.05, 3.63) is 39.1 Å². The number of aryl methyl sites for hydroxylation is 1. The Morgan fingerprint density at radius 3 is 3.00 bits per heavy atom. The lowest BCUT2D eigenvalue weighted by Gasteiger charge is -2.15. The van der Waals surface area contributed by atoms with E-state index in [0.717, 1.165) is 40.0 Å². The van der Waals surface area contributed by atoms with Gasteiger partial charge in [0, 0.05) is 21.0 Å². The first-order chi connectivity index (χ1) is 8.65. The molecular weight excluding hydrogens is 315 g/mol. The van der Waals surface area contributed by atoms with Crippen molar-refractivity contribution in [2.24, 2.45) is 5.73 Å². The number of benzene rings is 1. The molecule has 0 radical (unpaired) electrons. The Kier molecular flexibility index (Phi) is 3.21. The molecule has 1 aliphatic rings. The Labute approximate surface area is 117 Å². The minimum absolute atomic E-state index is 0.0537. The van der Waals surface area contributed by atoms with Crippen molar-refractivity contribution in [3.63, 3.8) is 0 Å². The molecule has 94 valence electrons. The predicted octanol–water partition coefficient (Wildman–Crippen LogP) is 4.05. The molecular formula is C13H12BrFN2S. The number of rotatable bonds is 1. The molecule has 0 fully saturated rings. The highest BCUT2D eigenvalue weighted by molar-refractivity contribution is 9.10. The molecule has 18 heavy (non-hydrogen) atoms. The van der Waals surface area contributed by atoms with E-state index >= 15 is 0 Å². The van der Waals surface area contributed by atoms with Gasteiger partial charge in [-0.2, -0.15) is 0 Å². The van der Waals surface area contributed by atoms with Gasteiger partial charge in [0.15, 0.2) is 0 Å². The molecule has 1 aliphatic carbocycles. The van der Waals surface area contributed by atoms with Crippen LogP contribution in [0.3, 0.4) is 0 Å². The second-order valence-corrected chi connectivity index (χ2v) is 6.39. The van der Waals surface area contributed by atoms with E-state index in [9.17, 15) is 4.39 Å². The van der Waals surface area contributed by atoms with Gasteiger partial charge in [0.05, 0.1) is 5.69 Å². The van der Waals surface area contributed by atoms with Crippen LogP contribution >= 0.6 is 27.3 Å². The van der Waals surface area contributed by atoms with Crippen molar-refractivity contribution < 1.29 is 4.39 Å². The topological polar surface area (TPSA) is 38.9 Å². The fraction of sp³-hybridized carbons (Fsp3) is 0.308. The molecule has 1 unspecified atom stereocenters. The quantitative estimate of drug-likeness (QED) is 0.858. The van der Waals surface area contributed by atoms with Crippen LogP contribution in [0.4, 0.5) is 4.39 Å². The van der Waals surface area contributed by atoms with Crippen LogP contribution < -0.4 is 5.73 Å².